The monoisotopic (exact) mass is 480 g/mol. The normalized spacial score (nSPS) is 23.0. The van der Waals surface area contributed by atoms with E-state index < -0.39 is 0 Å². The van der Waals surface area contributed by atoms with Crippen LogP contribution in [-0.4, -0.2) is 31.4 Å². The highest BCUT2D eigenvalue weighted by atomic mass is 79.9. The van der Waals surface area contributed by atoms with Gasteiger partial charge in [-0.3, -0.25) is 9.98 Å². The van der Waals surface area contributed by atoms with Gasteiger partial charge < -0.3 is 9.47 Å². The van der Waals surface area contributed by atoms with Gasteiger partial charge in [-0.1, -0.05) is 36.9 Å². The number of benzene rings is 1. The number of pyridine rings is 1. The molecule has 2 aliphatic rings. The van der Waals surface area contributed by atoms with E-state index in [1.54, 1.807) is 0 Å². The third-order valence-electron chi connectivity index (χ3n) is 6.21. The second kappa shape index (κ2) is 7.89. The Morgan fingerprint density at radius 3 is 2.67 bits per heavy atom. The van der Waals surface area contributed by atoms with Gasteiger partial charge in [0.15, 0.2) is 5.17 Å². The summed E-state index contributed by atoms with van der Waals surface area (Å²) in [4.78, 5) is 12.4. The largest absolute Gasteiger partial charge is 0.338 e. The number of amidine groups is 1. The molecule has 0 radical (unpaired) electrons. The summed E-state index contributed by atoms with van der Waals surface area (Å²) in [6.07, 6.45) is 3.01. The van der Waals surface area contributed by atoms with E-state index in [1.165, 1.54) is 27.8 Å². The van der Waals surface area contributed by atoms with Gasteiger partial charge in [-0.05, 0) is 72.1 Å². The maximum atomic E-state index is 5.17. The fourth-order valence-electron chi connectivity index (χ4n) is 4.78. The lowest BCUT2D eigenvalue weighted by atomic mass is 9.95. The van der Waals surface area contributed by atoms with E-state index in [-0.39, 0.29) is 12.1 Å². The van der Waals surface area contributed by atoms with Crippen molar-refractivity contribution in [1.29, 1.82) is 0 Å². The summed E-state index contributed by atoms with van der Waals surface area (Å²) < 4.78 is 3.46. The average Bonchev–Trinajstić information content (AvgIpc) is 3.41. The molecule has 1 saturated heterocycles. The van der Waals surface area contributed by atoms with Gasteiger partial charge in [0, 0.05) is 33.9 Å². The number of thioether (sulfide) groups is 1. The van der Waals surface area contributed by atoms with Gasteiger partial charge in [0.05, 0.1) is 17.4 Å². The van der Waals surface area contributed by atoms with E-state index in [4.69, 9.17) is 4.99 Å². The molecule has 3 aromatic rings. The van der Waals surface area contributed by atoms with Gasteiger partial charge >= 0.3 is 0 Å². The molecular formula is C24H25BrN4S. The number of hydrogen-bond acceptors (Lipinski definition) is 4. The first-order valence-corrected chi connectivity index (χ1v) is 12.2. The summed E-state index contributed by atoms with van der Waals surface area (Å²) in [5, 5.41) is 1.17. The minimum absolute atomic E-state index is 0.0243. The van der Waals surface area contributed by atoms with Crippen LogP contribution < -0.4 is 0 Å². The highest BCUT2D eigenvalue weighted by molar-refractivity contribution is 9.10. The molecule has 154 valence electrons. The van der Waals surface area contributed by atoms with Crippen LogP contribution in [0, 0.1) is 13.8 Å². The lowest BCUT2D eigenvalue weighted by Crippen LogP contribution is -2.35. The molecule has 0 N–H and O–H groups in total. The molecule has 3 atom stereocenters. The summed E-state index contributed by atoms with van der Waals surface area (Å²) in [7, 11) is 0. The molecule has 0 aliphatic carbocycles. The Labute approximate surface area is 190 Å². The quantitative estimate of drug-likeness (QED) is 0.443. The summed E-state index contributed by atoms with van der Waals surface area (Å²) in [5.74, 6) is 1.11. The molecule has 1 fully saturated rings. The van der Waals surface area contributed by atoms with E-state index in [2.05, 4.69) is 93.6 Å². The van der Waals surface area contributed by atoms with Crippen molar-refractivity contribution in [2.45, 2.75) is 45.3 Å². The van der Waals surface area contributed by atoms with Crippen LogP contribution in [0.15, 0.2) is 64.2 Å². The van der Waals surface area contributed by atoms with E-state index in [0.717, 1.165) is 22.3 Å². The number of hydrogen-bond donors (Lipinski definition) is 0. The third kappa shape index (κ3) is 3.12. The Kier molecular flexibility index (Phi) is 5.23. The summed E-state index contributed by atoms with van der Waals surface area (Å²) in [6, 6.07) is 17.6. The maximum Gasteiger partial charge on any atom is 0.160 e. The zero-order chi connectivity index (χ0) is 20.8. The van der Waals surface area contributed by atoms with Gasteiger partial charge in [-0.2, -0.15) is 0 Å². The van der Waals surface area contributed by atoms with E-state index in [0.29, 0.717) is 6.04 Å². The molecular weight excluding hydrogens is 456 g/mol. The van der Waals surface area contributed by atoms with Crippen molar-refractivity contribution in [1.82, 2.24) is 14.5 Å². The smallest absolute Gasteiger partial charge is 0.160 e. The van der Waals surface area contributed by atoms with E-state index in [9.17, 15) is 0 Å². The van der Waals surface area contributed by atoms with Crippen LogP contribution in [0.4, 0.5) is 0 Å². The molecule has 2 aliphatic heterocycles. The number of halogens is 1. The van der Waals surface area contributed by atoms with Gasteiger partial charge in [-0.15, -0.1) is 0 Å². The number of rotatable bonds is 4. The molecule has 5 rings (SSSR count). The standard InChI is InChI=1S/C24H25BrN4S/c1-4-17-14-30-24-27-22(20-10-7-8-12-26-20)23(29(17)24)18-13-15(2)28(16(18)3)21-11-6-5-9-19(21)25/h5-13,17,22-23H,4,14H2,1-3H3/t17-,22+,23+/m1/s1. The Balaban J connectivity index is 1.66. The first-order chi connectivity index (χ1) is 14.6. The number of nitrogens with zero attached hydrogens (tertiary/aromatic N) is 4. The molecule has 0 amide bonds. The second-order valence-electron chi connectivity index (χ2n) is 7.95. The molecule has 4 heterocycles. The lowest BCUT2D eigenvalue weighted by Gasteiger charge is -2.32. The van der Waals surface area contributed by atoms with Gasteiger partial charge in [0.2, 0.25) is 0 Å². The fraction of sp³-hybridized carbons (Fsp3) is 0.333. The minimum atomic E-state index is 0.0243. The first kappa shape index (κ1) is 19.9. The molecule has 4 nitrogen and oxygen atoms in total. The molecule has 0 unspecified atom stereocenters. The number of fused-ring (bicyclic) bond motifs is 1. The first-order valence-electron chi connectivity index (χ1n) is 10.4. The van der Waals surface area contributed by atoms with Crippen LogP contribution in [0.5, 0.6) is 0 Å². The number of para-hydroxylation sites is 1. The van der Waals surface area contributed by atoms with Crippen LogP contribution in [0.2, 0.25) is 0 Å². The van der Waals surface area contributed by atoms with Crippen molar-refractivity contribution >= 4 is 32.9 Å². The number of aromatic nitrogens is 2. The van der Waals surface area contributed by atoms with Crippen LogP contribution in [0.3, 0.4) is 0 Å². The van der Waals surface area contributed by atoms with Crippen molar-refractivity contribution in [2.75, 3.05) is 5.75 Å². The highest BCUT2D eigenvalue weighted by Crippen LogP contribution is 2.50. The summed E-state index contributed by atoms with van der Waals surface area (Å²) in [6.45, 7) is 6.71. The molecule has 0 saturated carbocycles. The zero-order valence-electron chi connectivity index (χ0n) is 17.4. The van der Waals surface area contributed by atoms with Crippen LogP contribution >= 0.6 is 27.7 Å². The predicted octanol–water partition coefficient (Wildman–Crippen LogP) is 6.23. The van der Waals surface area contributed by atoms with Gasteiger partial charge in [0.1, 0.15) is 6.04 Å². The van der Waals surface area contributed by atoms with Crippen molar-refractivity contribution in [2.24, 2.45) is 4.99 Å². The fourth-order valence-corrected chi connectivity index (χ4v) is 6.58. The van der Waals surface area contributed by atoms with Crippen LogP contribution in [0.25, 0.3) is 5.69 Å². The Morgan fingerprint density at radius 1 is 1.13 bits per heavy atom. The Hall–Kier alpha value is -2.05. The van der Waals surface area contributed by atoms with Gasteiger partial charge in [0.25, 0.3) is 0 Å². The molecule has 6 heteroatoms. The second-order valence-corrected chi connectivity index (χ2v) is 9.79. The van der Waals surface area contributed by atoms with Crippen molar-refractivity contribution < 1.29 is 0 Å². The Bertz CT molecular complexity index is 1110. The molecule has 2 aromatic heterocycles. The van der Waals surface area contributed by atoms with Crippen LogP contribution in [0.1, 0.15) is 48.1 Å². The SMILES string of the molecule is CC[C@@H]1CSC2=N[C@@H](c3ccccn3)[C@H](c3cc(C)n(-c4ccccc4Br)c3C)N21. The topological polar surface area (TPSA) is 33.4 Å². The number of aliphatic imine (C=N–C) groups is 1. The van der Waals surface area contributed by atoms with Crippen LogP contribution in [-0.2, 0) is 0 Å². The third-order valence-corrected chi connectivity index (χ3v) is 8.01. The van der Waals surface area contributed by atoms with Crippen molar-refractivity contribution in [3.63, 3.8) is 0 Å². The summed E-state index contributed by atoms with van der Waals surface area (Å²) >= 11 is 5.63. The lowest BCUT2D eigenvalue weighted by molar-refractivity contribution is 0.254. The van der Waals surface area contributed by atoms with E-state index in [1.807, 2.05) is 24.0 Å². The predicted molar refractivity (Wildman–Crippen MR) is 128 cm³/mol. The average molecular weight is 481 g/mol. The summed E-state index contributed by atoms with van der Waals surface area (Å²) in [5.41, 5.74) is 6.08. The van der Waals surface area contributed by atoms with Gasteiger partial charge in [-0.25, -0.2) is 0 Å². The zero-order valence-corrected chi connectivity index (χ0v) is 19.8. The van der Waals surface area contributed by atoms with E-state index >= 15 is 0 Å². The molecule has 0 spiro atoms. The highest BCUT2D eigenvalue weighted by Gasteiger charge is 2.46. The molecule has 1 aromatic carbocycles. The minimum Gasteiger partial charge on any atom is -0.338 e. The Morgan fingerprint density at radius 2 is 1.93 bits per heavy atom. The van der Waals surface area contributed by atoms with Crippen molar-refractivity contribution in [3.8, 4) is 5.69 Å². The number of aryl methyl sites for hydroxylation is 1. The molecule has 0 bridgehead atoms. The molecule has 30 heavy (non-hydrogen) atoms. The van der Waals surface area contributed by atoms with Crippen molar-refractivity contribution in [3.05, 3.63) is 81.8 Å². The maximum absolute atomic E-state index is 5.17.